The lowest BCUT2D eigenvalue weighted by Crippen LogP contribution is -2.61. The Morgan fingerprint density at radius 2 is 2.00 bits per heavy atom. The van der Waals surface area contributed by atoms with Crippen LogP contribution in [-0.2, 0) is 0 Å². The van der Waals surface area contributed by atoms with Crippen molar-refractivity contribution in [1.29, 1.82) is 0 Å². The summed E-state index contributed by atoms with van der Waals surface area (Å²) in [5.74, 6) is -2.03. The number of aromatic nitrogens is 1. The van der Waals surface area contributed by atoms with E-state index in [2.05, 4.69) is 11.9 Å². The first kappa shape index (κ1) is 19.4. The van der Waals surface area contributed by atoms with E-state index in [-0.39, 0.29) is 41.9 Å². The zero-order chi connectivity index (χ0) is 20.8. The molecule has 2 amide bonds. The van der Waals surface area contributed by atoms with Crippen molar-refractivity contribution in [2.24, 2.45) is 5.41 Å². The number of carbonyl (C=O) groups is 1. The number of benzene rings is 1. The lowest BCUT2D eigenvalue weighted by Gasteiger charge is -2.50. The fraction of sp³-hybridized carbons (Fsp3) is 0.400. The van der Waals surface area contributed by atoms with Gasteiger partial charge < -0.3 is 14.5 Å². The number of hydrogen-bond donors (Lipinski definition) is 0. The van der Waals surface area contributed by atoms with Gasteiger partial charge in [-0.15, -0.1) is 0 Å². The molecule has 0 N–H and O–H groups in total. The minimum atomic E-state index is -1.09. The summed E-state index contributed by atoms with van der Waals surface area (Å²) in [5, 5.41) is 0. The third kappa shape index (κ3) is 3.56. The summed E-state index contributed by atoms with van der Waals surface area (Å²) in [5.41, 5.74) is 0.0619. The molecular formula is C20H21F3N4O2. The molecule has 0 unspecified atom stereocenters. The van der Waals surface area contributed by atoms with E-state index in [9.17, 15) is 18.0 Å². The predicted molar refractivity (Wildman–Crippen MR) is 102 cm³/mol. The smallest absolute Gasteiger partial charge is 0.324 e. The highest BCUT2D eigenvalue weighted by molar-refractivity contribution is 5.94. The zero-order valence-corrected chi connectivity index (χ0v) is 16.2. The molecule has 0 saturated carbocycles. The van der Waals surface area contributed by atoms with Crippen LogP contribution in [0.2, 0.25) is 0 Å². The largest absolute Gasteiger partial charge is 0.486 e. The Morgan fingerprint density at radius 1 is 1.24 bits per heavy atom. The molecule has 2 aliphatic heterocycles. The highest BCUT2D eigenvalue weighted by Gasteiger charge is 2.42. The number of rotatable bonds is 3. The molecule has 0 aliphatic carbocycles. The van der Waals surface area contributed by atoms with Crippen molar-refractivity contribution in [3.63, 3.8) is 0 Å². The lowest BCUT2D eigenvalue weighted by molar-refractivity contribution is 0.154. The quantitative estimate of drug-likeness (QED) is 0.785. The van der Waals surface area contributed by atoms with Crippen LogP contribution in [0.3, 0.4) is 0 Å². The fourth-order valence-corrected chi connectivity index (χ4v) is 3.97. The van der Waals surface area contributed by atoms with Crippen molar-refractivity contribution >= 4 is 17.5 Å². The molecule has 0 bridgehead atoms. The SMILES string of the molecule is CN(CC1(C)CN(c2ccc(F)cn2)C1)C(=O)N1CCOc2c1ccc(F)c2F. The van der Waals surface area contributed by atoms with E-state index in [0.29, 0.717) is 25.5 Å². The predicted octanol–water partition coefficient (Wildman–Crippen LogP) is 3.28. The van der Waals surface area contributed by atoms with Gasteiger partial charge in [0, 0.05) is 32.1 Å². The van der Waals surface area contributed by atoms with Gasteiger partial charge in [-0.1, -0.05) is 6.92 Å². The Bertz CT molecular complexity index is 932. The number of halogens is 3. The van der Waals surface area contributed by atoms with E-state index < -0.39 is 11.6 Å². The van der Waals surface area contributed by atoms with Gasteiger partial charge in [0.2, 0.25) is 5.82 Å². The molecule has 2 aliphatic rings. The maximum Gasteiger partial charge on any atom is 0.324 e. The molecule has 4 rings (SSSR count). The number of hydrogen-bond acceptors (Lipinski definition) is 4. The normalized spacial score (nSPS) is 17.3. The van der Waals surface area contributed by atoms with E-state index in [0.717, 1.165) is 6.07 Å². The van der Waals surface area contributed by atoms with Gasteiger partial charge in [0.1, 0.15) is 18.2 Å². The third-order valence-corrected chi connectivity index (χ3v) is 5.24. The second-order valence-electron chi connectivity index (χ2n) is 7.85. The van der Waals surface area contributed by atoms with E-state index >= 15 is 0 Å². The number of carbonyl (C=O) groups excluding carboxylic acids is 1. The molecule has 1 saturated heterocycles. The van der Waals surface area contributed by atoms with E-state index in [1.165, 1.54) is 23.2 Å². The summed E-state index contributed by atoms with van der Waals surface area (Å²) in [7, 11) is 1.68. The van der Waals surface area contributed by atoms with Crippen LogP contribution in [0.5, 0.6) is 5.75 Å². The molecule has 29 heavy (non-hydrogen) atoms. The van der Waals surface area contributed by atoms with Crippen LogP contribution in [0.15, 0.2) is 30.5 Å². The highest BCUT2D eigenvalue weighted by Crippen LogP contribution is 2.37. The number of anilines is 2. The topological polar surface area (TPSA) is 48.9 Å². The average Bonchev–Trinajstić information content (AvgIpc) is 2.68. The van der Waals surface area contributed by atoms with Crippen molar-refractivity contribution in [2.45, 2.75) is 6.92 Å². The standard InChI is InChI=1S/C20H21F3N4O2/c1-20(11-26(12-20)16-6-3-13(21)9-24-16)10-25(2)19(28)27-7-8-29-18-15(27)5-4-14(22)17(18)23/h3-6,9H,7-8,10-12H2,1-2H3. The van der Waals surface area contributed by atoms with Crippen molar-refractivity contribution in [3.8, 4) is 5.75 Å². The summed E-state index contributed by atoms with van der Waals surface area (Å²) in [4.78, 5) is 22.0. The van der Waals surface area contributed by atoms with Crippen LogP contribution in [0, 0.1) is 22.9 Å². The summed E-state index contributed by atoms with van der Waals surface area (Å²) in [6.07, 6.45) is 1.18. The van der Waals surface area contributed by atoms with Gasteiger partial charge in [0.15, 0.2) is 11.6 Å². The Labute approximate surface area is 166 Å². The summed E-state index contributed by atoms with van der Waals surface area (Å²) in [6.45, 7) is 4.21. The molecule has 3 heterocycles. The van der Waals surface area contributed by atoms with Crippen LogP contribution in [-0.4, -0.2) is 55.7 Å². The van der Waals surface area contributed by atoms with Crippen LogP contribution in [0.1, 0.15) is 6.92 Å². The summed E-state index contributed by atoms with van der Waals surface area (Å²) >= 11 is 0. The number of pyridine rings is 1. The first-order valence-corrected chi connectivity index (χ1v) is 9.27. The van der Waals surface area contributed by atoms with Crippen LogP contribution < -0.4 is 14.5 Å². The van der Waals surface area contributed by atoms with Gasteiger partial charge in [-0.05, 0) is 24.3 Å². The van der Waals surface area contributed by atoms with Gasteiger partial charge in [-0.2, -0.15) is 4.39 Å². The monoisotopic (exact) mass is 406 g/mol. The van der Waals surface area contributed by atoms with Gasteiger partial charge >= 0.3 is 6.03 Å². The zero-order valence-electron chi connectivity index (χ0n) is 16.2. The van der Waals surface area contributed by atoms with Crippen molar-refractivity contribution in [3.05, 3.63) is 47.9 Å². The number of fused-ring (bicyclic) bond motifs is 1. The van der Waals surface area contributed by atoms with Gasteiger partial charge in [0.05, 0.1) is 18.4 Å². The third-order valence-electron chi connectivity index (χ3n) is 5.24. The van der Waals surface area contributed by atoms with E-state index in [4.69, 9.17) is 4.74 Å². The molecule has 1 aromatic heterocycles. The maximum absolute atomic E-state index is 14.0. The van der Waals surface area contributed by atoms with Crippen LogP contribution >= 0.6 is 0 Å². The molecular weight excluding hydrogens is 385 g/mol. The maximum atomic E-state index is 14.0. The second kappa shape index (κ2) is 7.13. The minimum absolute atomic E-state index is 0.0915. The number of amides is 2. The van der Waals surface area contributed by atoms with Gasteiger partial charge in [0.25, 0.3) is 0 Å². The molecule has 154 valence electrons. The van der Waals surface area contributed by atoms with Gasteiger partial charge in [-0.25, -0.2) is 18.6 Å². The fourth-order valence-electron chi connectivity index (χ4n) is 3.97. The Hall–Kier alpha value is -2.97. The van der Waals surface area contributed by atoms with E-state index in [1.54, 1.807) is 18.0 Å². The molecule has 2 aromatic rings. The minimum Gasteiger partial charge on any atom is -0.486 e. The van der Waals surface area contributed by atoms with Crippen molar-refractivity contribution < 1.29 is 22.7 Å². The van der Waals surface area contributed by atoms with Gasteiger partial charge in [-0.3, -0.25) is 4.90 Å². The number of nitrogens with zero attached hydrogens (tertiary/aromatic N) is 4. The van der Waals surface area contributed by atoms with Crippen LogP contribution in [0.4, 0.5) is 29.5 Å². The second-order valence-corrected chi connectivity index (χ2v) is 7.85. The summed E-state index contributed by atoms with van der Waals surface area (Å²) in [6, 6.07) is 5.03. The number of ether oxygens (including phenoxy) is 1. The first-order chi connectivity index (χ1) is 13.8. The Balaban J connectivity index is 1.42. The molecule has 0 radical (unpaired) electrons. The van der Waals surface area contributed by atoms with Crippen LogP contribution in [0.25, 0.3) is 0 Å². The molecule has 6 nitrogen and oxygen atoms in total. The molecule has 1 aromatic carbocycles. The first-order valence-electron chi connectivity index (χ1n) is 9.27. The average molecular weight is 406 g/mol. The molecule has 1 fully saturated rings. The molecule has 0 spiro atoms. The van der Waals surface area contributed by atoms with Crippen molar-refractivity contribution in [2.75, 3.05) is 49.6 Å². The Morgan fingerprint density at radius 3 is 2.69 bits per heavy atom. The van der Waals surface area contributed by atoms with Crippen molar-refractivity contribution in [1.82, 2.24) is 9.88 Å². The highest BCUT2D eigenvalue weighted by atomic mass is 19.2. The number of urea groups is 1. The Kier molecular flexibility index (Phi) is 4.76. The van der Waals surface area contributed by atoms with E-state index in [1.807, 2.05) is 4.90 Å². The molecule has 9 heteroatoms. The molecule has 0 atom stereocenters. The lowest BCUT2D eigenvalue weighted by atomic mass is 9.81. The summed E-state index contributed by atoms with van der Waals surface area (Å²) < 4.78 is 45.7.